The van der Waals surface area contributed by atoms with Gasteiger partial charge >= 0.3 is 0 Å². The second-order valence-electron chi connectivity index (χ2n) is 3.66. The summed E-state index contributed by atoms with van der Waals surface area (Å²) >= 11 is 3.45. The zero-order chi connectivity index (χ0) is 10.5. The van der Waals surface area contributed by atoms with E-state index in [1.807, 2.05) is 13.8 Å². The van der Waals surface area contributed by atoms with Gasteiger partial charge in [0.15, 0.2) is 0 Å². The Labute approximate surface area is 91.3 Å². The maximum Gasteiger partial charge on any atom is 0.0997 e. The Morgan fingerprint density at radius 3 is 2.57 bits per heavy atom. The molecule has 0 bridgehead atoms. The number of nitrogens with zero attached hydrogens (tertiary/aromatic N) is 1. The summed E-state index contributed by atoms with van der Waals surface area (Å²) in [6.45, 7) is 3.90. The molecule has 1 aromatic rings. The molecule has 0 spiro atoms. The molecule has 14 heavy (non-hydrogen) atoms. The summed E-state index contributed by atoms with van der Waals surface area (Å²) in [6, 6.07) is 2.20. The van der Waals surface area contributed by atoms with Crippen LogP contribution in [0, 0.1) is 25.2 Å². The van der Waals surface area contributed by atoms with Crippen LogP contribution in [0.1, 0.15) is 33.9 Å². The number of hydrogen-bond donors (Lipinski definition) is 1. The molecular formula is C11H10BrNO. The summed E-state index contributed by atoms with van der Waals surface area (Å²) in [7, 11) is 0. The van der Waals surface area contributed by atoms with E-state index in [0.717, 1.165) is 32.3 Å². The minimum absolute atomic E-state index is 0.381. The number of aliphatic hydroxyl groups is 1. The van der Waals surface area contributed by atoms with Crippen LogP contribution in [-0.2, 0) is 6.42 Å². The minimum Gasteiger partial charge on any atom is -0.388 e. The normalized spacial score (nSPS) is 18.4. The molecule has 0 saturated heterocycles. The highest BCUT2D eigenvalue weighted by Crippen LogP contribution is 2.42. The number of nitriles is 1. The molecule has 0 radical (unpaired) electrons. The van der Waals surface area contributed by atoms with Crippen molar-refractivity contribution in [3.8, 4) is 6.07 Å². The molecule has 0 fully saturated rings. The van der Waals surface area contributed by atoms with E-state index in [-0.39, 0.29) is 6.10 Å². The quantitative estimate of drug-likeness (QED) is 0.771. The van der Waals surface area contributed by atoms with Gasteiger partial charge in [-0.1, -0.05) is 15.9 Å². The molecule has 1 aromatic carbocycles. The van der Waals surface area contributed by atoms with Crippen LogP contribution in [0.25, 0.3) is 0 Å². The van der Waals surface area contributed by atoms with Crippen LogP contribution in [0.2, 0.25) is 0 Å². The Morgan fingerprint density at radius 2 is 2.07 bits per heavy atom. The molecule has 1 aliphatic rings. The number of aliphatic hydroxyl groups excluding tert-OH is 1. The van der Waals surface area contributed by atoms with Gasteiger partial charge in [-0.05, 0) is 36.1 Å². The van der Waals surface area contributed by atoms with Crippen molar-refractivity contribution in [1.82, 2.24) is 0 Å². The van der Waals surface area contributed by atoms with E-state index in [9.17, 15) is 5.11 Å². The van der Waals surface area contributed by atoms with Gasteiger partial charge in [0, 0.05) is 10.9 Å². The molecule has 1 N–H and O–H groups in total. The van der Waals surface area contributed by atoms with Crippen LogP contribution in [0.5, 0.6) is 0 Å². The lowest BCUT2D eigenvalue weighted by atomic mass is 9.78. The summed E-state index contributed by atoms with van der Waals surface area (Å²) in [4.78, 5) is 0. The van der Waals surface area contributed by atoms with Gasteiger partial charge in [-0.2, -0.15) is 5.26 Å². The molecule has 0 heterocycles. The number of benzene rings is 1. The predicted molar refractivity (Wildman–Crippen MR) is 57.0 cm³/mol. The highest BCUT2D eigenvalue weighted by molar-refractivity contribution is 9.10. The molecular weight excluding hydrogens is 242 g/mol. The number of halogens is 1. The monoisotopic (exact) mass is 251 g/mol. The van der Waals surface area contributed by atoms with Gasteiger partial charge in [0.1, 0.15) is 0 Å². The molecule has 3 heteroatoms. The molecule has 0 amide bonds. The van der Waals surface area contributed by atoms with E-state index >= 15 is 0 Å². The van der Waals surface area contributed by atoms with Crippen LogP contribution >= 0.6 is 15.9 Å². The number of rotatable bonds is 0. The van der Waals surface area contributed by atoms with Gasteiger partial charge in [-0.25, -0.2) is 0 Å². The second kappa shape index (κ2) is 3.08. The molecule has 1 atom stereocenters. The standard InChI is InChI=1S/C11H10BrNO/c1-5-8(4-13)7-3-9(14)10(7)6(2)11(5)12/h9,14H,3H2,1-2H3. The molecule has 1 unspecified atom stereocenters. The summed E-state index contributed by atoms with van der Waals surface area (Å²) < 4.78 is 0.951. The maximum absolute atomic E-state index is 9.59. The van der Waals surface area contributed by atoms with Gasteiger partial charge in [-0.3, -0.25) is 0 Å². The summed E-state index contributed by atoms with van der Waals surface area (Å²) in [5, 5.41) is 18.6. The van der Waals surface area contributed by atoms with E-state index in [2.05, 4.69) is 22.0 Å². The third kappa shape index (κ3) is 1.05. The predicted octanol–water partition coefficient (Wildman–Crippen LogP) is 2.53. The van der Waals surface area contributed by atoms with E-state index in [1.54, 1.807) is 0 Å². The Hall–Kier alpha value is -0.850. The number of fused-ring (bicyclic) bond motifs is 1. The molecule has 0 aromatic heterocycles. The van der Waals surface area contributed by atoms with Crippen molar-refractivity contribution in [2.45, 2.75) is 26.4 Å². The topological polar surface area (TPSA) is 44.0 Å². The first-order valence-electron chi connectivity index (χ1n) is 4.47. The van der Waals surface area contributed by atoms with Crippen molar-refractivity contribution in [2.24, 2.45) is 0 Å². The largest absolute Gasteiger partial charge is 0.388 e. The first kappa shape index (κ1) is 9.70. The van der Waals surface area contributed by atoms with Gasteiger partial charge in [0.05, 0.1) is 17.7 Å². The van der Waals surface area contributed by atoms with Crippen LogP contribution < -0.4 is 0 Å². The van der Waals surface area contributed by atoms with Crippen LogP contribution in [0.4, 0.5) is 0 Å². The van der Waals surface area contributed by atoms with Gasteiger partial charge in [0.2, 0.25) is 0 Å². The third-order valence-corrected chi connectivity index (χ3v) is 4.10. The van der Waals surface area contributed by atoms with Crippen molar-refractivity contribution >= 4 is 15.9 Å². The highest BCUT2D eigenvalue weighted by atomic mass is 79.9. The van der Waals surface area contributed by atoms with E-state index < -0.39 is 0 Å². The Balaban J connectivity index is 2.80. The fourth-order valence-corrected chi connectivity index (χ4v) is 2.49. The lowest BCUT2D eigenvalue weighted by molar-refractivity contribution is 0.152. The van der Waals surface area contributed by atoms with E-state index in [4.69, 9.17) is 5.26 Å². The van der Waals surface area contributed by atoms with Crippen molar-refractivity contribution in [3.05, 3.63) is 32.3 Å². The Kier molecular flexibility index (Phi) is 2.13. The van der Waals surface area contributed by atoms with E-state index in [1.165, 1.54) is 0 Å². The fourth-order valence-electron chi connectivity index (χ4n) is 2.08. The van der Waals surface area contributed by atoms with Crippen molar-refractivity contribution in [1.29, 1.82) is 5.26 Å². The van der Waals surface area contributed by atoms with Crippen LogP contribution in [0.3, 0.4) is 0 Å². The Morgan fingerprint density at radius 1 is 1.43 bits per heavy atom. The lowest BCUT2D eigenvalue weighted by Gasteiger charge is -2.30. The fraction of sp³-hybridized carbons (Fsp3) is 0.364. The Bertz CT molecular complexity index is 457. The van der Waals surface area contributed by atoms with Crippen LogP contribution in [0.15, 0.2) is 4.47 Å². The molecule has 2 rings (SSSR count). The molecule has 0 saturated carbocycles. The SMILES string of the molecule is Cc1c(Br)c(C)c2c(c1C#N)CC2O. The first-order chi connectivity index (χ1) is 6.57. The van der Waals surface area contributed by atoms with Gasteiger partial charge in [-0.15, -0.1) is 0 Å². The van der Waals surface area contributed by atoms with Gasteiger partial charge in [0.25, 0.3) is 0 Å². The van der Waals surface area contributed by atoms with E-state index in [0.29, 0.717) is 6.42 Å². The molecule has 72 valence electrons. The zero-order valence-corrected chi connectivity index (χ0v) is 9.64. The summed E-state index contributed by atoms with van der Waals surface area (Å²) in [5.74, 6) is 0. The third-order valence-electron chi connectivity index (χ3n) is 2.91. The first-order valence-corrected chi connectivity index (χ1v) is 5.26. The summed E-state index contributed by atoms with van der Waals surface area (Å²) in [6.07, 6.45) is 0.238. The lowest BCUT2D eigenvalue weighted by Crippen LogP contribution is -2.21. The highest BCUT2D eigenvalue weighted by Gasteiger charge is 2.31. The zero-order valence-electron chi connectivity index (χ0n) is 8.06. The minimum atomic E-state index is -0.381. The van der Waals surface area contributed by atoms with Crippen molar-refractivity contribution in [2.75, 3.05) is 0 Å². The average Bonchev–Trinajstić information content (AvgIpc) is 2.14. The smallest absolute Gasteiger partial charge is 0.0997 e. The van der Waals surface area contributed by atoms with Crippen LogP contribution in [-0.4, -0.2) is 5.11 Å². The van der Waals surface area contributed by atoms with Crippen molar-refractivity contribution < 1.29 is 5.11 Å². The average molecular weight is 252 g/mol. The molecule has 1 aliphatic carbocycles. The number of hydrogen-bond acceptors (Lipinski definition) is 2. The molecule has 2 nitrogen and oxygen atoms in total. The molecule has 0 aliphatic heterocycles. The maximum atomic E-state index is 9.59. The second-order valence-corrected chi connectivity index (χ2v) is 4.46. The van der Waals surface area contributed by atoms with Gasteiger partial charge < -0.3 is 5.11 Å². The summed E-state index contributed by atoms with van der Waals surface area (Å²) in [5.41, 5.74) is 4.74. The van der Waals surface area contributed by atoms with Crippen molar-refractivity contribution in [3.63, 3.8) is 0 Å².